The number of hydrogen-bond donors (Lipinski definition) is 2. The Kier molecular flexibility index (Phi) is 2.31. The van der Waals surface area contributed by atoms with Gasteiger partial charge in [-0.15, -0.1) is 0 Å². The zero-order valence-corrected chi connectivity index (χ0v) is 13.8. The number of ketones is 1. The topological polar surface area (TPSA) is 57.5 Å². The Morgan fingerprint density at radius 3 is 2.59 bits per heavy atom. The molecule has 8 atom stereocenters. The minimum Gasteiger partial charge on any atom is -0.393 e. The van der Waals surface area contributed by atoms with Gasteiger partial charge < -0.3 is 10.2 Å². The molecular formula is C19H28O3. The summed E-state index contributed by atoms with van der Waals surface area (Å²) in [5.41, 5.74) is -1.09. The van der Waals surface area contributed by atoms with Crippen molar-refractivity contribution in [1.29, 1.82) is 0 Å². The fourth-order valence-electron chi connectivity index (χ4n) is 8.03. The standard InChI is InChI=1S/C19H28O3/c1-16-6-3-11-10-18(11,16)15(21)9-13-12(16)4-7-17(2)14(20)5-8-19(13,17)22/h11-13,15,21-22H,3-10H2,1-2H3/t11-,12+,13-,15-,16-,17-,18+,19-/m1/s1. The Balaban J connectivity index is 1.61. The van der Waals surface area contributed by atoms with E-state index >= 15 is 0 Å². The van der Waals surface area contributed by atoms with Gasteiger partial charge in [-0.05, 0) is 75.0 Å². The van der Waals surface area contributed by atoms with Gasteiger partial charge in [-0.3, -0.25) is 4.79 Å². The van der Waals surface area contributed by atoms with Crippen molar-refractivity contribution in [1.82, 2.24) is 0 Å². The van der Waals surface area contributed by atoms with Crippen LogP contribution >= 0.6 is 0 Å². The van der Waals surface area contributed by atoms with Crippen LogP contribution in [0.2, 0.25) is 0 Å². The van der Waals surface area contributed by atoms with E-state index in [0.717, 1.165) is 25.2 Å². The number of fused-ring (bicyclic) bond motifs is 4. The second kappa shape index (κ2) is 3.64. The molecule has 2 N–H and O–H groups in total. The van der Waals surface area contributed by atoms with Gasteiger partial charge in [0.1, 0.15) is 5.78 Å². The first-order valence-corrected chi connectivity index (χ1v) is 9.23. The maximum absolute atomic E-state index is 12.4. The number of rotatable bonds is 0. The second-order valence-corrected chi connectivity index (χ2v) is 9.58. The average Bonchev–Trinajstić information content (AvgIpc) is 3.08. The van der Waals surface area contributed by atoms with Gasteiger partial charge in [-0.1, -0.05) is 6.92 Å². The second-order valence-electron chi connectivity index (χ2n) is 9.58. The molecule has 5 saturated carbocycles. The van der Waals surface area contributed by atoms with Gasteiger partial charge in [0.15, 0.2) is 0 Å². The predicted octanol–water partition coefficient (Wildman–Crippen LogP) is 2.68. The average molecular weight is 304 g/mol. The van der Waals surface area contributed by atoms with Crippen LogP contribution in [0.15, 0.2) is 0 Å². The molecule has 0 aromatic rings. The third-order valence-corrected chi connectivity index (χ3v) is 9.48. The number of carbonyl (C=O) groups is 1. The van der Waals surface area contributed by atoms with Crippen LogP contribution in [0.3, 0.4) is 0 Å². The van der Waals surface area contributed by atoms with Crippen molar-refractivity contribution in [2.75, 3.05) is 0 Å². The number of carbonyl (C=O) groups excluding carboxylic acids is 1. The molecule has 0 aromatic carbocycles. The molecule has 5 fully saturated rings. The van der Waals surface area contributed by atoms with E-state index in [1.807, 2.05) is 6.92 Å². The van der Waals surface area contributed by atoms with Gasteiger partial charge in [-0.2, -0.15) is 0 Å². The zero-order chi connectivity index (χ0) is 15.5. The summed E-state index contributed by atoms with van der Waals surface area (Å²) in [6.07, 6.45) is 7.15. The van der Waals surface area contributed by atoms with Crippen molar-refractivity contribution < 1.29 is 15.0 Å². The molecule has 0 amide bonds. The Morgan fingerprint density at radius 2 is 1.86 bits per heavy atom. The van der Waals surface area contributed by atoms with Crippen LogP contribution in [-0.4, -0.2) is 27.7 Å². The lowest BCUT2D eigenvalue weighted by molar-refractivity contribution is -0.215. The van der Waals surface area contributed by atoms with E-state index in [0.29, 0.717) is 18.8 Å². The summed E-state index contributed by atoms with van der Waals surface area (Å²) in [7, 11) is 0. The molecule has 122 valence electrons. The molecule has 5 aliphatic rings. The normalized spacial score (nSPS) is 65.5. The highest BCUT2D eigenvalue weighted by molar-refractivity contribution is 5.88. The smallest absolute Gasteiger partial charge is 0.141 e. The quantitative estimate of drug-likeness (QED) is 0.723. The summed E-state index contributed by atoms with van der Waals surface area (Å²) in [6, 6.07) is 0. The third kappa shape index (κ3) is 1.15. The molecule has 3 heteroatoms. The summed E-state index contributed by atoms with van der Waals surface area (Å²) in [5, 5.41) is 22.5. The molecule has 0 saturated heterocycles. The Hall–Kier alpha value is -0.410. The highest BCUT2D eigenvalue weighted by atomic mass is 16.3. The van der Waals surface area contributed by atoms with E-state index < -0.39 is 11.0 Å². The van der Waals surface area contributed by atoms with Crippen LogP contribution in [-0.2, 0) is 4.79 Å². The molecule has 0 unspecified atom stereocenters. The van der Waals surface area contributed by atoms with Gasteiger partial charge in [0.05, 0.1) is 17.1 Å². The van der Waals surface area contributed by atoms with Gasteiger partial charge in [0.2, 0.25) is 0 Å². The van der Waals surface area contributed by atoms with Crippen LogP contribution < -0.4 is 0 Å². The van der Waals surface area contributed by atoms with E-state index in [-0.39, 0.29) is 28.6 Å². The Bertz CT molecular complexity index is 573. The van der Waals surface area contributed by atoms with E-state index in [9.17, 15) is 15.0 Å². The highest BCUT2D eigenvalue weighted by Crippen LogP contribution is 2.81. The lowest BCUT2D eigenvalue weighted by Crippen LogP contribution is -2.64. The summed E-state index contributed by atoms with van der Waals surface area (Å²) in [4.78, 5) is 12.4. The van der Waals surface area contributed by atoms with Crippen LogP contribution in [0.1, 0.15) is 65.2 Å². The molecule has 0 heterocycles. The monoisotopic (exact) mass is 304 g/mol. The summed E-state index contributed by atoms with van der Waals surface area (Å²) in [6.45, 7) is 4.38. The van der Waals surface area contributed by atoms with Crippen molar-refractivity contribution in [2.24, 2.45) is 34.0 Å². The number of Topliss-reactive ketones (excluding diaryl/α,β-unsaturated/α-hetero) is 1. The molecule has 5 aliphatic carbocycles. The fourth-order valence-corrected chi connectivity index (χ4v) is 8.03. The van der Waals surface area contributed by atoms with Gasteiger partial charge in [0, 0.05) is 11.8 Å². The first kappa shape index (κ1) is 14.0. The van der Waals surface area contributed by atoms with E-state index in [2.05, 4.69) is 6.92 Å². The molecule has 0 radical (unpaired) electrons. The van der Waals surface area contributed by atoms with Crippen molar-refractivity contribution in [3.63, 3.8) is 0 Å². The first-order chi connectivity index (χ1) is 10.3. The molecular weight excluding hydrogens is 276 g/mol. The maximum atomic E-state index is 12.4. The van der Waals surface area contributed by atoms with Crippen molar-refractivity contribution in [3.8, 4) is 0 Å². The van der Waals surface area contributed by atoms with Crippen molar-refractivity contribution >= 4 is 5.78 Å². The summed E-state index contributed by atoms with van der Waals surface area (Å²) in [5.74, 6) is 1.58. The van der Waals surface area contributed by atoms with Crippen LogP contribution in [0.4, 0.5) is 0 Å². The molecule has 0 aromatic heterocycles. The predicted molar refractivity (Wildman–Crippen MR) is 82.0 cm³/mol. The summed E-state index contributed by atoms with van der Waals surface area (Å²) >= 11 is 0. The van der Waals surface area contributed by atoms with Crippen molar-refractivity contribution in [3.05, 3.63) is 0 Å². The molecule has 22 heavy (non-hydrogen) atoms. The molecule has 5 rings (SSSR count). The van der Waals surface area contributed by atoms with E-state index in [1.165, 1.54) is 19.3 Å². The minimum absolute atomic E-state index is 0.114. The SMILES string of the molecule is C[C@]12CC[C@H]3[C@@H](C[C@@H](O)[C@]45C[C@H]4CC[C@]35C)[C@]1(O)CCC2=O. The highest BCUT2D eigenvalue weighted by Gasteiger charge is 2.79. The Labute approximate surface area is 132 Å². The third-order valence-electron chi connectivity index (χ3n) is 9.48. The van der Waals surface area contributed by atoms with E-state index in [4.69, 9.17) is 0 Å². The lowest BCUT2D eigenvalue weighted by Gasteiger charge is -2.61. The molecule has 3 nitrogen and oxygen atoms in total. The molecule has 1 spiro atoms. The molecule has 0 aliphatic heterocycles. The zero-order valence-electron chi connectivity index (χ0n) is 13.8. The fraction of sp³-hybridized carbons (Fsp3) is 0.947. The number of aliphatic hydroxyl groups excluding tert-OH is 1. The van der Waals surface area contributed by atoms with Gasteiger partial charge in [0.25, 0.3) is 0 Å². The van der Waals surface area contributed by atoms with Crippen LogP contribution in [0.5, 0.6) is 0 Å². The maximum Gasteiger partial charge on any atom is 0.141 e. The van der Waals surface area contributed by atoms with Crippen molar-refractivity contribution in [2.45, 2.75) is 76.9 Å². The minimum atomic E-state index is -0.869. The van der Waals surface area contributed by atoms with E-state index in [1.54, 1.807) is 0 Å². The van der Waals surface area contributed by atoms with Gasteiger partial charge >= 0.3 is 0 Å². The Morgan fingerprint density at radius 1 is 1.09 bits per heavy atom. The largest absolute Gasteiger partial charge is 0.393 e. The number of aliphatic hydroxyl groups is 2. The molecule has 0 bridgehead atoms. The van der Waals surface area contributed by atoms with Crippen LogP contribution in [0, 0.1) is 34.0 Å². The first-order valence-electron chi connectivity index (χ1n) is 9.23. The van der Waals surface area contributed by atoms with Crippen LogP contribution in [0.25, 0.3) is 0 Å². The number of hydrogen-bond acceptors (Lipinski definition) is 3. The summed E-state index contributed by atoms with van der Waals surface area (Å²) < 4.78 is 0. The van der Waals surface area contributed by atoms with Gasteiger partial charge in [-0.25, -0.2) is 0 Å². The lowest BCUT2D eigenvalue weighted by atomic mass is 9.44.